The zero-order valence-electron chi connectivity index (χ0n) is 15.1. The average Bonchev–Trinajstić information content (AvgIpc) is 2.70. The number of benzene rings is 2. The second kappa shape index (κ2) is 7.77. The van der Waals surface area contributed by atoms with Gasteiger partial charge in [0.15, 0.2) is 5.03 Å². The van der Waals surface area contributed by atoms with Crippen molar-refractivity contribution >= 4 is 21.4 Å². The van der Waals surface area contributed by atoms with E-state index < -0.39 is 21.6 Å². The molecule has 0 saturated carbocycles. The van der Waals surface area contributed by atoms with Crippen molar-refractivity contribution in [3.05, 3.63) is 77.7 Å². The summed E-state index contributed by atoms with van der Waals surface area (Å²) in [6, 6.07) is 12.6. The van der Waals surface area contributed by atoms with Crippen LogP contribution in [-0.2, 0) is 9.84 Å². The highest BCUT2D eigenvalue weighted by atomic mass is 32.2. The lowest BCUT2D eigenvalue weighted by atomic mass is 10.2. The Hall–Kier alpha value is -3.26. The number of ether oxygens (including phenoxy) is 1. The van der Waals surface area contributed by atoms with Gasteiger partial charge in [-0.2, -0.15) is 0 Å². The van der Waals surface area contributed by atoms with Crippen molar-refractivity contribution in [1.82, 2.24) is 4.98 Å². The van der Waals surface area contributed by atoms with Crippen molar-refractivity contribution in [1.29, 1.82) is 0 Å². The number of aromatic nitrogens is 1. The summed E-state index contributed by atoms with van der Waals surface area (Å²) in [6.07, 6.45) is 1.19. The molecule has 0 fully saturated rings. The van der Waals surface area contributed by atoms with Gasteiger partial charge in [-0.3, -0.25) is 4.79 Å². The van der Waals surface area contributed by atoms with Gasteiger partial charge in [-0.1, -0.05) is 0 Å². The summed E-state index contributed by atoms with van der Waals surface area (Å²) >= 11 is 0. The number of sulfone groups is 1. The molecule has 0 atom stereocenters. The molecule has 8 heteroatoms. The molecule has 0 spiro atoms. The molecule has 0 bridgehead atoms. The van der Waals surface area contributed by atoms with Crippen molar-refractivity contribution in [3.63, 3.8) is 0 Å². The van der Waals surface area contributed by atoms with Gasteiger partial charge in [0.25, 0.3) is 5.91 Å². The van der Waals surface area contributed by atoms with Crippen LogP contribution in [0.1, 0.15) is 15.9 Å². The van der Waals surface area contributed by atoms with Crippen molar-refractivity contribution in [2.45, 2.75) is 16.8 Å². The van der Waals surface area contributed by atoms with Crippen LogP contribution < -0.4 is 10.1 Å². The van der Waals surface area contributed by atoms with Crippen LogP contribution in [0.5, 0.6) is 5.75 Å². The standard InChI is InChI=1S/C20H17FN2O4S/c1-13-11-15(21)4-9-18(13)23-20(24)14-3-10-19(22-12-14)28(25,26)17-7-5-16(27-2)6-8-17/h3-12H,1-2H3,(H,23,24). The Morgan fingerprint density at radius 1 is 1.07 bits per heavy atom. The highest BCUT2D eigenvalue weighted by Gasteiger charge is 2.20. The largest absolute Gasteiger partial charge is 0.497 e. The van der Waals surface area contributed by atoms with Crippen LogP contribution in [0.25, 0.3) is 0 Å². The maximum absolute atomic E-state index is 13.2. The normalized spacial score (nSPS) is 11.1. The minimum Gasteiger partial charge on any atom is -0.497 e. The van der Waals surface area contributed by atoms with Crippen molar-refractivity contribution in [2.24, 2.45) is 0 Å². The molecule has 6 nitrogen and oxygen atoms in total. The molecular weight excluding hydrogens is 383 g/mol. The zero-order chi connectivity index (χ0) is 20.3. The first-order valence-electron chi connectivity index (χ1n) is 8.24. The number of anilines is 1. The van der Waals surface area contributed by atoms with Crippen molar-refractivity contribution in [2.75, 3.05) is 12.4 Å². The summed E-state index contributed by atoms with van der Waals surface area (Å²) in [5, 5.41) is 2.47. The topological polar surface area (TPSA) is 85.4 Å². The molecule has 0 aliphatic heterocycles. The van der Waals surface area contributed by atoms with Crippen LogP contribution in [0.4, 0.5) is 10.1 Å². The van der Waals surface area contributed by atoms with E-state index in [1.165, 1.54) is 55.8 Å². The maximum Gasteiger partial charge on any atom is 0.257 e. The van der Waals surface area contributed by atoms with Crippen LogP contribution in [0.2, 0.25) is 0 Å². The van der Waals surface area contributed by atoms with Gasteiger partial charge < -0.3 is 10.1 Å². The number of rotatable bonds is 5. The molecule has 1 N–H and O–H groups in total. The Labute approximate surface area is 161 Å². The first kappa shape index (κ1) is 19.5. The molecule has 28 heavy (non-hydrogen) atoms. The highest BCUT2D eigenvalue weighted by Crippen LogP contribution is 2.22. The first-order valence-corrected chi connectivity index (χ1v) is 9.72. The number of amides is 1. The molecule has 1 aromatic heterocycles. The van der Waals surface area contributed by atoms with E-state index in [4.69, 9.17) is 4.74 Å². The van der Waals surface area contributed by atoms with E-state index in [0.717, 1.165) is 0 Å². The van der Waals surface area contributed by atoms with Crippen LogP contribution in [0.3, 0.4) is 0 Å². The Bertz CT molecular complexity index is 1110. The molecule has 0 aliphatic rings. The van der Waals surface area contributed by atoms with Gasteiger partial charge in [0.05, 0.1) is 17.6 Å². The van der Waals surface area contributed by atoms with Crippen LogP contribution in [-0.4, -0.2) is 26.4 Å². The molecule has 2 aromatic carbocycles. The molecule has 3 aromatic rings. The Morgan fingerprint density at radius 2 is 1.79 bits per heavy atom. The van der Waals surface area contributed by atoms with E-state index in [2.05, 4.69) is 10.3 Å². The minimum atomic E-state index is -3.82. The van der Waals surface area contributed by atoms with Gasteiger partial charge >= 0.3 is 0 Å². The molecule has 0 saturated heterocycles. The van der Waals surface area contributed by atoms with Gasteiger partial charge in [0.1, 0.15) is 11.6 Å². The number of nitrogens with zero attached hydrogens (tertiary/aromatic N) is 1. The van der Waals surface area contributed by atoms with Gasteiger partial charge in [-0.05, 0) is 67.1 Å². The molecular formula is C20H17FN2O4S. The third kappa shape index (κ3) is 4.01. The van der Waals surface area contributed by atoms with E-state index in [0.29, 0.717) is 17.0 Å². The van der Waals surface area contributed by atoms with Crippen LogP contribution in [0.15, 0.2) is 70.7 Å². The van der Waals surface area contributed by atoms with Gasteiger partial charge in [0, 0.05) is 11.9 Å². The Morgan fingerprint density at radius 3 is 2.36 bits per heavy atom. The number of nitrogens with one attached hydrogen (secondary N) is 1. The quantitative estimate of drug-likeness (QED) is 0.707. The number of hydrogen-bond acceptors (Lipinski definition) is 5. The van der Waals surface area contributed by atoms with Gasteiger partial charge in [-0.15, -0.1) is 0 Å². The first-order chi connectivity index (χ1) is 13.3. The number of aryl methyl sites for hydroxylation is 1. The predicted octanol–water partition coefficient (Wildman–Crippen LogP) is 3.62. The maximum atomic E-state index is 13.2. The average molecular weight is 400 g/mol. The SMILES string of the molecule is COc1ccc(S(=O)(=O)c2ccc(C(=O)Nc3ccc(F)cc3C)cn2)cc1. The fraction of sp³-hybridized carbons (Fsp3) is 0.100. The molecule has 0 radical (unpaired) electrons. The van der Waals surface area contributed by atoms with E-state index in [9.17, 15) is 17.6 Å². The van der Waals surface area contributed by atoms with Crippen molar-refractivity contribution < 1.29 is 22.3 Å². The summed E-state index contributed by atoms with van der Waals surface area (Å²) in [6.45, 7) is 1.67. The smallest absolute Gasteiger partial charge is 0.257 e. The molecule has 1 heterocycles. The number of pyridine rings is 1. The summed E-state index contributed by atoms with van der Waals surface area (Å²) < 4.78 is 43.5. The summed E-state index contributed by atoms with van der Waals surface area (Å²) in [7, 11) is -2.33. The number of methoxy groups -OCH3 is 1. The van der Waals surface area contributed by atoms with E-state index in [1.807, 2.05) is 0 Å². The monoisotopic (exact) mass is 400 g/mol. The highest BCUT2D eigenvalue weighted by molar-refractivity contribution is 7.91. The fourth-order valence-corrected chi connectivity index (χ4v) is 3.69. The summed E-state index contributed by atoms with van der Waals surface area (Å²) in [5.41, 5.74) is 1.21. The fourth-order valence-electron chi connectivity index (χ4n) is 2.51. The second-order valence-electron chi connectivity index (χ2n) is 5.98. The van der Waals surface area contributed by atoms with Crippen molar-refractivity contribution in [3.8, 4) is 5.75 Å². The third-order valence-corrected chi connectivity index (χ3v) is 5.77. The Kier molecular flexibility index (Phi) is 5.41. The molecule has 1 amide bonds. The summed E-state index contributed by atoms with van der Waals surface area (Å²) in [4.78, 5) is 16.3. The zero-order valence-corrected chi connectivity index (χ0v) is 16.0. The van der Waals surface area contributed by atoms with E-state index >= 15 is 0 Å². The van der Waals surface area contributed by atoms with Crippen LogP contribution in [0, 0.1) is 12.7 Å². The molecule has 3 rings (SSSR count). The number of carbonyl (C=O) groups is 1. The second-order valence-corrected chi connectivity index (χ2v) is 7.87. The predicted molar refractivity (Wildman–Crippen MR) is 102 cm³/mol. The van der Waals surface area contributed by atoms with E-state index in [1.54, 1.807) is 19.1 Å². The molecule has 0 unspecified atom stereocenters. The lowest BCUT2D eigenvalue weighted by molar-refractivity contribution is 0.102. The van der Waals surface area contributed by atoms with Crippen LogP contribution >= 0.6 is 0 Å². The minimum absolute atomic E-state index is 0.0694. The number of hydrogen-bond donors (Lipinski definition) is 1. The number of halogens is 1. The number of carbonyl (C=O) groups excluding carboxylic acids is 1. The van der Waals surface area contributed by atoms with Gasteiger partial charge in [0.2, 0.25) is 9.84 Å². The van der Waals surface area contributed by atoms with E-state index in [-0.39, 0.29) is 15.5 Å². The lowest BCUT2D eigenvalue weighted by Crippen LogP contribution is -2.14. The van der Waals surface area contributed by atoms with Gasteiger partial charge in [-0.25, -0.2) is 17.8 Å². The molecule has 144 valence electrons. The Balaban J connectivity index is 1.81. The molecule has 0 aliphatic carbocycles. The summed E-state index contributed by atoms with van der Waals surface area (Å²) in [5.74, 6) is -0.337. The lowest BCUT2D eigenvalue weighted by Gasteiger charge is -2.09. The third-order valence-electron chi connectivity index (χ3n) is 4.08.